The zero-order chi connectivity index (χ0) is 22.1. The van der Waals surface area contributed by atoms with E-state index in [1.165, 1.54) is 24.3 Å². The van der Waals surface area contributed by atoms with Crippen molar-refractivity contribution >= 4 is 44.8 Å². The summed E-state index contributed by atoms with van der Waals surface area (Å²) in [5.74, 6) is -1.10. The van der Waals surface area contributed by atoms with E-state index in [0.717, 1.165) is 18.9 Å². The van der Waals surface area contributed by atoms with Crippen molar-refractivity contribution in [3.8, 4) is 0 Å². The van der Waals surface area contributed by atoms with E-state index in [9.17, 15) is 22.7 Å². The number of amides is 1. The lowest BCUT2D eigenvalue weighted by atomic mass is 9.82. The van der Waals surface area contributed by atoms with Crippen molar-refractivity contribution in [1.82, 2.24) is 4.72 Å². The fraction of sp³-hybridized carbons (Fsp3) is 0.450. The Labute approximate surface area is 185 Å². The molecular formula is C20H23Cl2FN2O4S. The van der Waals surface area contributed by atoms with Gasteiger partial charge in [0.2, 0.25) is 15.9 Å². The number of hydrogen-bond donors (Lipinski definition) is 3. The Morgan fingerprint density at radius 1 is 1.27 bits per heavy atom. The topological polar surface area (TPSA) is 95.5 Å². The number of nitrogens with one attached hydrogen (secondary N) is 2. The van der Waals surface area contributed by atoms with Crippen LogP contribution in [-0.2, 0) is 14.8 Å². The summed E-state index contributed by atoms with van der Waals surface area (Å²) < 4.78 is 41.8. The highest BCUT2D eigenvalue weighted by atomic mass is 35.5. The average Bonchev–Trinajstić information content (AvgIpc) is 2.68. The predicted octanol–water partition coefficient (Wildman–Crippen LogP) is 4.06. The second-order valence-corrected chi connectivity index (χ2v) is 10.3. The third-order valence-corrected chi connectivity index (χ3v) is 7.70. The van der Waals surface area contributed by atoms with Crippen molar-refractivity contribution in [2.24, 2.45) is 5.41 Å². The van der Waals surface area contributed by atoms with Crippen molar-refractivity contribution in [2.75, 3.05) is 5.32 Å². The van der Waals surface area contributed by atoms with Gasteiger partial charge in [0, 0.05) is 11.7 Å². The lowest BCUT2D eigenvalue weighted by molar-refractivity contribution is -0.122. The molecule has 1 amide bonds. The van der Waals surface area contributed by atoms with Gasteiger partial charge in [0.15, 0.2) is 0 Å². The Kier molecular flexibility index (Phi) is 6.94. The predicted molar refractivity (Wildman–Crippen MR) is 115 cm³/mol. The fourth-order valence-corrected chi connectivity index (χ4v) is 5.72. The summed E-state index contributed by atoms with van der Waals surface area (Å²) >= 11 is 11.9. The van der Waals surface area contributed by atoms with Crippen LogP contribution in [0.5, 0.6) is 0 Å². The normalized spacial score (nSPS) is 27.2. The van der Waals surface area contributed by atoms with Crippen LogP contribution in [0.3, 0.4) is 0 Å². The van der Waals surface area contributed by atoms with Crippen LogP contribution in [0.1, 0.15) is 39.0 Å². The molecule has 0 heterocycles. The number of aliphatic hydroxyl groups is 1. The van der Waals surface area contributed by atoms with E-state index >= 15 is 0 Å². The molecule has 0 saturated heterocycles. The minimum absolute atomic E-state index is 0.0166. The van der Waals surface area contributed by atoms with Crippen molar-refractivity contribution in [2.45, 2.75) is 51.2 Å². The van der Waals surface area contributed by atoms with Gasteiger partial charge in [0.1, 0.15) is 5.82 Å². The summed E-state index contributed by atoms with van der Waals surface area (Å²) in [6, 6.07) is 3.17. The third kappa shape index (κ3) is 5.06. The quantitative estimate of drug-likeness (QED) is 0.596. The van der Waals surface area contributed by atoms with E-state index in [-0.39, 0.29) is 27.1 Å². The number of allylic oxidation sites excluding steroid dienone is 2. The summed E-state index contributed by atoms with van der Waals surface area (Å²) in [4.78, 5) is 12.7. The van der Waals surface area contributed by atoms with Gasteiger partial charge in [0.25, 0.3) is 0 Å². The smallest absolute Gasteiger partial charge is 0.242 e. The van der Waals surface area contributed by atoms with Crippen LogP contribution in [0.4, 0.5) is 10.1 Å². The number of benzene rings is 1. The minimum Gasteiger partial charge on any atom is -0.391 e. The molecule has 1 fully saturated rings. The molecule has 1 saturated carbocycles. The van der Waals surface area contributed by atoms with Gasteiger partial charge in [-0.05, 0) is 50.5 Å². The number of halogens is 3. The zero-order valence-electron chi connectivity index (χ0n) is 16.3. The lowest BCUT2D eigenvalue weighted by Gasteiger charge is -2.31. The molecule has 3 atom stereocenters. The Balaban J connectivity index is 1.83. The molecule has 0 spiro atoms. The molecule has 3 unspecified atom stereocenters. The van der Waals surface area contributed by atoms with Gasteiger partial charge in [-0.3, -0.25) is 4.79 Å². The Hall–Kier alpha value is -1.45. The molecule has 2 aliphatic rings. The highest BCUT2D eigenvalue weighted by Gasteiger charge is 2.38. The maximum Gasteiger partial charge on any atom is 0.242 e. The van der Waals surface area contributed by atoms with Crippen LogP contribution >= 0.6 is 23.2 Å². The number of aliphatic hydroxyl groups excluding tert-OH is 1. The maximum atomic E-state index is 13.3. The molecular weight excluding hydrogens is 454 g/mol. The highest BCUT2D eigenvalue weighted by molar-refractivity contribution is 7.93. The summed E-state index contributed by atoms with van der Waals surface area (Å²) in [6.07, 6.45) is 4.91. The SMILES string of the molecule is CC1(C(=O)Nc2ccc(F)c(Cl)c2)C=C(S(=O)(=O)NC2CCCCC2O)C(Cl)=CC1. The van der Waals surface area contributed by atoms with E-state index in [2.05, 4.69) is 10.0 Å². The first-order valence-electron chi connectivity index (χ1n) is 9.58. The van der Waals surface area contributed by atoms with E-state index < -0.39 is 39.3 Å². The van der Waals surface area contributed by atoms with E-state index in [1.54, 1.807) is 6.92 Å². The summed E-state index contributed by atoms with van der Waals surface area (Å²) in [6.45, 7) is 1.58. The van der Waals surface area contributed by atoms with Crippen LogP contribution in [0.15, 0.2) is 40.3 Å². The third-order valence-electron chi connectivity index (χ3n) is 5.41. The standard InChI is InChI=1S/C20H23Cl2FN2O4S/c1-20(19(27)24-12-6-7-15(23)14(22)10-12)9-8-13(21)18(11-20)30(28,29)25-16-4-2-3-5-17(16)26/h6-8,10-11,16-17,25-26H,2-5,9H2,1H3,(H,24,27). The van der Waals surface area contributed by atoms with Gasteiger partial charge >= 0.3 is 0 Å². The molecule has 30 heavy (non-hydrogen) atoms. The number of sulfonamides is 1. The maximum absolute atomic E-state index is 13.3. The van der Waals surface area contributed by atoms with Crippen molar-refractivity contribution in [3.05, 3.63) is 51.1 Å². The number of rotatable bonds is 5. The van der Waals surface area contributed by atoms with Crippen LogP contribution in [-0.4, -0.2) is 31.6 Å². The zero-order valence-corrected chi connectivity index (χ0v) is 18.6. The van der Waals surface area contributed by atoms with Crippen molar-refractivity contribution < 1.29 is 22.7 Å². The molecule has 164 valence electrons. The average molecular weight is 477 g/mol. The van der Waals surface area contributed by atoms with Crippen molar-refractivity contribution in [1.29, 1.82) is 0 Å². The first kappa shape index (κ1) is 23.2. The summed E-state index contributed by atoms with van der Waals surface area (Å²) in [7, 11) is -4.05. The molecule has 1 aromatic rings. The first-order valence-corrected chi connectivity index (χ1v) is 11.8. The van der Waals surface area contributed by atoms with E-state index in [1.807, 2.05) is 0 Å². The van der Waals surface area contributed by atoms with Crippen LogP contribution in [0, 0.1) is 11.2 Å². The minimum atomic E-state index is -4.05. The summed E-state index contributed by atoms with van der Waals surface area (Å²) in [5.41, 5.74) is -0.927. The highest BCUT2D eigenvalue weighted by Crippen LogP contribution is 2.38. The largest absolute Gasteiger partial charge is 0.391 e. The van der Waals surface area contributed by atoms with Gasteiger partial charge < -0.3 is 10.4 Å². The first-order chi connectivity index (χ1) is 14.0. The van der Waals surface area contributed by atoms with Crippen LogP contribution in [0.2, 0.25) is 5.02 Å². The van der Waals surface area contributed by atoms with Gasteiger partial charge in [-0.1, -0.05) is 42.1 Å². The molecule has 0 bridgehead atoms. The monoisotopic (exact) mass is 476 g/mol. The lowest BCUT2D eigenvalue weighted by Crippen LogP contribution is -2.46. The fourth-order valence-electron chi connectivity index (χ4n) is 3.54. The number of carbonyl (C=O) groups excluding carboxylic acids is 1. The second kappa shape index (κ2) is 8.96. The number of carbonyl (C=O) groups is 1. The number of anilines is 1. The molecule has 3 rings (SSSR count). The van der Waals surface area contributed by atoms with Gasteiger partial charge in [-0.2, -0.15) is 0 Å². The molecule has 2 aliphatic carbocycles. The molecule has 0 aromatic heterocycles. The van der Waals surface area contributed by atoms with Gasteiger partial charge in [-0.15, -0.1) is 0 Å². The van der Waals surface area contributed by atoms with Crippen LogP contribution in [0.25, 0.3) is 0 Å². The Bertz CT molecular complexity index is 1010. The van der Waals surface area contributed by atoms with Gasteiger partial charge in [-0.25, -0.2) is 17.5 Å². The molecule has 6 nitrogen and oxygen atoms in total. The summed E-state index contributed by atoms with van der Waals surface area (Å²) in [5, 5.41) is 12.6. The van der Waals surface area contributed by atoms with E-state index in [4.69, 9.17) is 23.2 Å². The molecule has 1 aromatic carbocycles. The van der Waals surface area contributed by atoms with E-state index in [0.29, 0.717) is 12.8 Å². The van der Waals surface area contributed by atoms with Crippen molar-refractivity contribution in [3.63, 3.8) is 0 Å². The Morgan fingerprint density at radius 2 is 1.97 bits per heavy atom. The molecule has 3 N–H and O–H groups in total. The number of hydrogen-bond acceptors (Lipinski definition) is 4. The Morgan fingerprint density at radius 3 is 2.63 bits per heavy atom. The van der Waals surface area contributed by atoms with Gasteiger partial charge in [0.05, 0.1) is 26.5 Å². The van der Waals surface area contributed by atoms with Crippen LogP contribution < -0.4 is 10.0 Å². The second-order valence-electron chi connectivity index (χ2n) is 7.84. The molecule has 0 aliphatic heterocycles. The molecule has 10 heteroatoms. The molecule has 0 radical (unpaired) electrons.